The standard InChI is InChI=1S/C23H31N3O3.HI/c1-24-23(26-16-18-8-4-7-11-20(18)27-2)25-15-17-12-13-21(28-3)22(14-17)29-19-9-5-6-10-19;/h4,7-8,11-14,19H,5-6,9-10,15-16H2,1-3H3,(H2,24,25,26);1H. The lowest BCUT2D eigenvalue weighted by atomic mass is 10.2. The minimum absolute atomic E-state index is 0. The second-order valence-corrected chi connectivity index (χ2v) is 7.10. The van der Waals surface area contributed by atoms with Crippen molar-refractivity contribution in [1.29, 1.82) is 0 Å². The molecular weight excluding hydrogens is 493 g/mol. The molecule has 30 heavy (non-hydrogen) atoms. The maximum Gasteiger partial charge on any atom is 0.191 e. The van der Waals surface area contributed by atoms with E-state index in [4.69, 9.17) is 14.2 Å². The Bertz CT molecular complexity index is 823. The fraction of sp³-hybridized carbons (Fsp3) is 0.435. The third kappa shape index (κ3) is 6.68. The van der Waals surface area contributed by atoms with Crippen LogP contribution >= 0.6 is 24.0 Å². The minimum Gasteiger partial charge on any atom is -0.496 e. The monoisotopic (exact) mass is 525 g/mol. The summed E-state index contributed by atoms with van der Waals surface area (Å²) < 4.78 is 17.1. The van der Waals surface area contributed by atoms with Crippen molar-refractivity contribution in [3.8, 4) is 17.2 Å². The van der Waals surface area contributed by atoms with Gasteiger partial charge in [0.15, 0.2) is 17.5 Å². The topological polar surface area (TPSA) is 64.1 Å². The number of hydrogen-bond acceptors (Lipinski definition) is 4. The molecule has 0 spiro atoms. The Balaban J connectivity index is 0.00000320. The molecule has 0 bridgehead atoms. The van der Waals surface area contributed by atoms with Crippen LogP contribution in [0.4, 0.5) is 0 Å². The number of benzene rings is 2. The lowest BCUT2D eigenvalue weighted by Gasteiger charge is -2.18. The summed E-state index contributed by atoms with van der Waals surface area (Å²) in [5, 5.41) is 6.68. The van der Waals surface area contributed by atoms with Gasteiger partial charge in [0.25, 0.3) is 0 Å². The molecule has 1 saturated carbocycles. The van der Waals surface area contributed by atoms with E-state index < -0.39 is 0 Å². The summed E-state index contributed by atoms with van der Waals surface area (Å²) in [7, 11) is 5.12. The average Bonchev–Trinajstić information content (AvgIpc) is 3.27. The van der Waals surface area contributed by atoms with Gasteiger partial charge in [0.1, 0.15) is 5.75 Å². The predicted molar refractivity (Wildman–Crippen MR) is 131 cm³/mol. The highest BCUT2D eigenvalue weighted by atomic mass is 127. The molecule has 3 rings (SSSR count). The van der Waals surface area contributed by atoms with E-state index in [0.717, 1.165) is 47.2 Å². The van der Waals surface area contributed by atoms with Crippen LogP contribution in [0.2, 0.25) is 0 Å². The first-order valence-corrected chi connectivity index (χ1v) is 10.1. The molecule has 0 heterocycles. The lowest BCUT2D eigenvalue weighted by Crippen LogP contribution is -2.36. The molecule has 164 valence electrons. The summed E-state index contributed by atoms with van der Waals surface area (Å²) in [6, 6.07) is 14.0. The summed E-state index contributed by atoms with van der Waals surface area (Å²) in [4.78, 5) is 4.31. The molecule has 2 aromatic rings. The molecular formula is C23H32IN3O3. The summed E-state index contributed by atoms with van der Waals surface area (Å²) in [5.41, 5.74) is 2.19. The quantitative estimate of drug-likeness (QED) is 0.302. The van der Waals surface area contributed by atoms with Gasteiger partial charge in [-0.05, 0) is 49.4 Å². The van der Waals surface area contributed by atoms with E-state index in [1.165, 1.54) is 12.8 Å². The van der Waals surface area contributed by atoms with Crippen LogP contribution < -0.4 is 24.8 Å². The number of guanidine groups is 1. The second-order valence-electron chi connectivity index (χ2n) is 7.10. The van der Waals surface area contributed by atoms with Crippen molar-refractivity contribution in [3.63, 3.8) is 0 Å². The Labute approximate surface area is 196 Å². The van der Waals surface area contributed by atoms with Crippen LogP contribution in [0.25, 0.3) is 0 Å². The number of nitrogens with one attached hydrogen (secondary N) is 2. The zero-order valence-electron chi connectivity index (χ0n) is 17.9. The number of para-hydroxylation sites is 1. The highest BCUT2D eigenvalue weighted by Crippen LogP contribution is 2.32. The zero-order valence-corrected chi connectivity index (χ0v) is 20.3. The van der Waals surface area contributed by atoms with Gasteiger partial charge in [-0.3, -0.25) is 4.99 Å². The fourth-order valence-corrected chi connectivity index (χ4v) is 3.54. The van der Waals surface area contributed by atoms with Crippen molar-refractivity contribution in [1.82, 2.24) is 10.6 Å². The molecule has 1 aliphatic rings. The number of nitrogens with zero attached hydrogens (tertiary/aromatic N) is 1. The number of hydrogen-bond donors (Lipinski definition) is 2. The van der Waals surface area contributed by atoms with Crippen molar-refractivity contribution in [2.75, 3.05) is 21.3 Å². The van der Waals surface area contributed by atoms with E-state index in [1.807, 2.05) is 36.4 Å². The van der Waals surface area contributed by atoms with Gasteiger partial charge in [0.2, 0.25) is 0 Å². The third-order valence-corrected chi connectivity index (χ3v) is 5.15. The Morgan fingerprint density at radius 3 is 2.33 bits per heavy atom. The summed E-state index contributed by atoms with van der Waals surface area (Å²) in [5.74, 6) is 3.18. The van der Waals surface area contributed by atoms with Gasteiger partial charge in [-0.1, -0.05) is 24.3 Å². The normalized spacial score (nSPS) is 14.0. The highest BCUT2D eigenvalue weighted by molar-refractivity contribution is 14.0. The van der Waals surface area contributed by atoms with E-state index in [-0.39, 0.29) is 24.0 Å². The Hall–Kier alpha value is -2.16. The molecule has 6 nitrogen and oxygen atoms in total. The average molecular weight is 525 g/mol. The number of aliphatic imine (C=N–C) groups is 1. The van der Waals surface area contributed by atoms with Crippen LogP contribution in [0.3, 0.4) is 0 Å². The predicted octanol–water partition coefficient (Wildman–Crippen LogP) is 4.51. The SMILES string of the molecule is CN=C(NCc1ccc(OC)c(OC2CCCC2)c1)NCc1ccccc1OC.I. The van der Waals surface area contributed by atoms with Crippen LogP contribution in [0, 0.1) is 0 Å². The van der Waals surface area contributed by atoms with Gasteiger partial charge >= 0.3 is 0 Å². The summed E-state index contributed by atoms with van der Waals surface area (Å²) >= 11 is 0. The minimum atomic E-state index is 0. The first-order chi connectivity index (χ1) is 14.2. The molecule has 2 aromatic carbocycles. The van der Waals surface area contributed by atoms with E-state index in [0.29, 0.717) is 19.2 Å². The van der Waals surface area contributed by atoms with Crippen molar-refractivity contribution < 1.29 is 14.2 Å². The number of ether oxygens (including phenoxy) is 3. The number of rotatable bonds is 8. The van der Waals surface area contributed by atoms with Gasteiger partial charge in [0, 0.05) is 25.7 Å². The molecule has 0 amide bonds. The van der Waals surface area contributed by atoms with E-state index >= 15 is 0 Å². The van der Waals surface area contributed by atoms with Crippen LogP contribution in [0.15, 0.2) is 47.5 Å². The van der Waals surface area contributed by atoms with Crippen molar-refractivity contribution >= 4 is 29.9 Å². The van der Waals surface area contributed by atoms with Gasteiger partial charge < -0.3 is 24.8 Å². The second kappa shape index (κ2) is 12.5. The van der Waals surface area contributed by atoms with Gasteiger partial charge in [-0.15, -0.1) is 24.0 Å². The van der Waals surface area contributed by atoms with E-state index in [2.05, 4.69) is 21.7 Å². The fourth-order valence-electron chi connectivity index (χ4n) is 3.54. The summed E-state index contributed by atoms with van der Waals surface area (Å²) in [6.45, 7) is 1.26. The largest absolute Gasteiger partial charge is 0.496 e. The molecule has 0 aliphatic heterocycles. The molecule has 2 N–H and O–H groups in total. The molecule has 0 saturated heterocycles. The molecule has 1 aliphatic carbocycles. The van der Waals surface area contributed by atoms with Crippen LogP contribution in [-0.2, 0) is 13.1 Å². The lowest BCUT2D eigenvalue weighted by molar-refractivity contribution is 0.200. The first kappa shape index (κ1) is 24.1. The smallest absolute Gasteiger partial charge is 0.191 e. The van der Waals surface area contributed by atoms with Crippen molar-refractivity contribution in [2.24, 2.45) is 4.99 Å². The Kier molecular flexibility index (Phi) is 10.1. The zero-order chi connectivity index (χ0) is 20.5. The summed E-state index contributed by atoms with van der Waals surface area (Å²) in [6.07, 6.45) is 5.00. The van der Waals surface area contributed by atoms with Crippen molar-refractivity contribution in [3.05, 3.63) is 53.6 Å². The van der Waals surface area contributed by atoms with E-state index in [1.54, 1.807) is 21.3 Å². The van der Waals surface area contributed by atoms with Crippen LogP contribution in [-0.4, -0.2) is 33.3 Å². The Morgan fingerprint density at radius 2 is 1.63 bits per heavy atom. The third-order valence-electron chi connectivity index (χ3n) is 5.15. The van der Waals surface area contributed by atoms with Crippen LogP contribution in [0.1, 0.15) is 36.8 Å². The van der Waals surface area contributed by atoms with Crippen LogP contribution in [0.5, 0.6) is 17.2 Å². The highest BCUT2D eigenvalue weighted by Gasteiger charge is 2.18. The molecule has 0 atom stereocenters. The maximum atomic E-state index is 6.19. The van der Waals surface area contributed by atoms with Gasteiger partial charge in [-0.25, -0.2) is 0 Å². The van der Waals surface area contributed by atoms with Gasteiger partial charge in [0.05, 0.1) is 20.3 Å². The number of halogens is 1. The first-order valence-electron chi connectivity index (χ1n) is 10.1. The molecule has 0 unspecified atom stereocenters. The molecule has 1 fully saturated rings. The molecule has 0 radical (unpaired) electrons. The maximum absolute atomic E-state index is 6.19. The number of methoxy groups -OCH3 is 2. The van der Waals surface area contributed by atoms with Gasteiger partial charge in [-0.2, -0.15) is 0 Å². The molecule has 0 aromatic heterocycles. The van der Waals surface area contributed by atoms with E-state index in [9.17, 15) is 0 Å². The molecule has 7 heteroatoms. The van der Waals surface area contributed by atoms with Crippen molar-refractivity contribution in [2.45, 2.75) is 44.9 Å². The Morgan fingerprint density at radius 1 is 0.933 bits per heavy atom.